The average Bonchev–Trinajstić information content (AvgIpc) is 3.20. The first-order chi connectivity index (χ1) is 15.5. The van der Waals surface area contributed by atoms with Gasteiger partial charge in [0.05, 0.1) is 13.2 Å². The molecule has 1 fully saturated rings. The van der Waals surface area contributed by atoms with E-state index in [1.807, 2.05) is 24.3 Å². The minimum absolute atomic E-state index is 0.194. The van der Waals surface area contributed by atoms with Gasteiger partial charge < -0.3 is 29.9 Å². The van der Waals surface area contributed by atoms with E-state index in [1.165, 1.54) is 5.56 Å². The first kappa shape index (κ1) is 21.5. The number of hydrogen-bond acceptors (Lipinski definition) is 6. The van der Waals surface area contributed by atoms with Gasteiger partial charge in [-0.3, -0.25) is 0 Å². The highest BCUT2D eigenvalue weighted by atomic mass is 16.7. The molecule has 2 heterocycles. The van der Waals surface area contributed by atoms with Crippen molar-refractivity contribution >= 4 is 10.8 Å². The van der Waals surface area contributed by atoms with Gasteiger partial charge in [0, 0.05) is 5.56 Å². The van der Waals surface area contributed by atoms with Crippen LogP contribution in [0.3, 0.4) is 0 Å². The summed E-state index contributed by atoms with van der Waals surface area (Å²) in [4.78, 5) is 0. The second-order valence-corrected chi connectivity index (χ2v) is 8.68. The molecule has 3 aromatic carbocycles. The quantitative estimate of drug-likeness (QED) is 0.500. The van der Waals surface area contributed by atoms with E-state index in [9.17, 15) is 20.4 Å². The van der Waals surface area contributed by atoms with E-state index >= 15 is 0 Å². The molecule has 2 aliphatic rings. The molecule has 6 nitrogen and oxygen atoms in total. The van der Waals surface area contributed by atoms with Gasteiger partial charge >= 0.3 is 0 Å². The van der Waals surface area contributed by atoms with Gasteiger partial charge in [-0.25, -0.2) is 0 Å². The van der Waals surface area contributed by atoms with Crippen molar-refractivity contribution < 1.29 is 29.9 Å². The maximum atomic E-state index is 10.9. The van der Waals surface area contributed by atoms with Gasteiger partial charge in [0.15, 0.2) is 0 Å². The normalized spacial score (nSPS) is 29.5. The molecule has 5 rings (SSSR count). The van der Waals surface area contributed by atoms with E-state index in [0.717, 1.165) is 33.9 Å². The van der Waals surface area contributed by atoms with E-state index in [4.69, 9.17) is 9.47 Å². The van der Waals surface area contributed by atoms with Gasteiger partial charge in [0.1, 0.15) is 24.4 Å². The molecule has 1 spiro atoms. The number of ether oxygens (including phenoxy) is 2. The molecular formula is C26H28O6. The lowest BCUT2D eigenvalue weighted by Gasteiger charge is -2.46. The Morgan fingerprint density at radius 3 is 2.31 bits per heavy atom. The molecule has 168 valence electrons. The molecule has 0 aromatic heterocycles. The summed E-state index contributed by atoms with van der Waals surface area (Å²) in [6.07, 6.45) is -3.83. The highest BCUT2D eigenvalue weighted by Gasteiger charge is 2.58. The summed E-state index contributed by atoms with van der Waals surface area (Å²) in [6, 6.07) is 18.5. The van der Waals surface area contributed by atoms with Crippen LogP contribution in [0.5, 0.6) is 0 Å². The molecule has 2 aliphatic heterocycles. The zero-order chi connectivity index (χ0) is 22.5. The topological polar surface area (TPSA) is 99.4 Å². The smallest absolute Gasteiger partial charge is 0.225 e. The Kier molecular flexibility index (Phi) is 5.53. The number of aliphatic hydroxyl groups is 4. The zero-order valence-corrected chi connectivity index (χ0v) is 17.9. The van der Waals surface area contributed by atoms with Crippen LogP contribution in [0.15, 0.2) is 54.6 Å². The lowest BCUT2D eigenvalue weighted by atomic mass is 9.84. The molecule has 6 heteroatoms. The highest BCUT2D eigenvalue weighted by molar-refractivity contribution is 5.90. The zero-order valence-electron chi connectivity index (χ0n) is 17.9. The molecule has 5 atom stereocenters. The average molecular weight is 437 g/mol. The van der Waals surface area contributed by atoms with Crippen LogP contribution in [0, 0.1) is 0 Å². The van der Waals surface area contributed by atoms with Crippen molar-refractivity contribution in [1.29, 1.82) is 0 Å². The van der Waals surface area contributed by atoms with Crippen LogP contribution in [-0.2, 0) is 34.7 Å². The van der Waals surface area contributed by atoms with E-state index in [2.05, 4.69) is 37.3 Å². The van der Waals surface area contributed by atoms with Crippen molar-refractivity contribution in [2.24, 2.45) is 0 Å². The number of aryl methyl sites for hydroxylation is 1. The Balaban J connectivity index is 1.64. The van der Waals surface area contributed by atoms with Gasteiger partial charge in [0.25, 0.3) is 0 Å². The van der Waals surface area contributed by atoms with E-state index < -0.39 is 36.8 Å². The summed E-state index contributed by atoms with van der Waals surface area (Å²) in [5, 5.41) is 43.4. The van der Waals surface area contributed by atoms with E-state index in [0.29, 0.717) is 12.0 Å². The third-order valence-corrected chi connectivity index (χ3v) is 6.82. The Labute approximate surface area is 186 Å². The van der Waals surface area contributed by atoms with Gasteiger partial charge in [-0.05, 0) is 51.9 Å². The molecular weight excluding hydrogens is 408 g/mol. The van der Waals surface area contributed by atoms with Crippen LogP contribution in [0.2, 0.25) is 0 Å². The van der Waals surface area contributed by atoms with Crippen molar-refractivity contribution in [1.82, 2.24) is 0 Å². The molecule has 0 amide bonds. The lowest BCUT2D eigenvalue weighted by Crippen LogP contribution is -2.63. The van der Waals surface area contributed by atoms with Crippen molar-refractivity contribution in [3.8, 4) is 0 Å². The Morgan fingerprint density at radius 2 is 1.62 bits per heavy atom. The molecule has 1 saturated heterocycles. The standard InChI is InChI=1S/C26H28O6/c1-2-15-7-9-16(10-8-15)11-17-12-21-20(19-6-4-3-5-18(17)19)14-31-26(21)25(30)24(29)23(28)22(13-27)32-26/h3-10,12,22-25,27-30H,2,11,13-14H2,1H3/t22-,23-,24+,25-,26+/m1/s1. The minimum atomic E-state index is -1.65. The molecule has 0 aliphatic carbocycles. The van der Waals surface area contributed by atoms with Gasteiger partial charge in [0.2, 0.25) is 5.79 Å². The number of rotatable bonds is 4. The predicted octanol–water partition coefficient (Wildman–Crippen LogP) is 2.15. The molecule has 0 radical (unpaired) electrons. The first-order valence-electron chi connectivity index (χ1n) is 11.1. The van der Waals surface area contributed by atoms with Crippen molar-refractivity contribution in [2.45, 2.75) is 56.6 Å². The lowest BCUT2D eigenvalue weighted by molar-refractivity contribution is -0.368. The SMILES string of the molecule is CCc1ccc(Cc2cc3c(c4ccccc24)CO[C@]32O[C@H](CO)[C@@H](O)[C@H](O)[C@H]2O)cc1. The monoisotopic (exact) mass is 436 g/mol. The maximum absolute atomic E-state index is 10.9. The summed E-state index contributed by atoms with van der Waals surface area (Å²) in [5.41, 5.74) is 5.00. The van der Waals surface area contributed by atoms with Gasteiger partial charge in [-0.15, -0.1) is 0 Å². The summed E-state index contributed by atoms with van der Waals surface area (Å²) in [5.74, 6) is -1.65. The minimum Gasteiger partial charge on any atom is -0.394 e. The van der Waals surface area contributed by atoms with Crippen LogP contribution in [0.4, 0.5) is 0 Å². The molecule has 4 N–H and O–H groups in total. The molecule has 0 saturated carbocycles. The summed E-state index contributed by atoms with van der Waals surface area (Å²) >= 11 is 0. The fourth-order valence-electron chi connectivity index (χ4n) is 4.98. The Bertz CT molecular complexity index is 1130. The summed E-state index contributed by atoms with van der Waals surface area (Å²) < 4.78 is 12.0. The molecule has 32 heavy (non-hydrogen) atoms. The van der Waals surface area contributed by atoms with Gasteiger partial charge in [-0.2, -0.15) is 0 Å². The highest BCUT2D eigenvalue weighted by Crippen LogP contribution is 2.48. The van der Waals surface area contributed by atoms with Crippen LogP contribution in [-0.4, -0.2) is 51.4 Å². The largest absolute Gasteiger partial charge is 0.394 e. The molecule has 0 bridgehead atoms. The fraction of sp³-hybridized carbons (Fsp3) is 0.385. The van der Waals surface area contributed by atoms with Crippen molar-refractivity contribution in [2.75, 3.05) is 6.61 Å². The number of aliphatic hydroxyl groups excluding tert-OH is 4. The van der Waals surface area contributed by atoms with Crippen LogP contribution < -0.4 is 0 Å². The van der Waals surface area contributed by atoms with Crippen molar-refractivity contribution in [3.63, 3.8) is 0 Å². The van der Waals surface area contributed by atoms with Crippen LogP contribution in [0.25, 0.3) is 10.8 Å². The van der Waals surface area contributed by atoms with Crippen LogP contribution in [0.1, 0.15) is 34.7 Å². The maximum Gasteiger partial charge on any atom is 0.225 e. The Morgan fingerprint density at radius 1 is 0.938 bits per heavy atom. The predicted molar refractivity (Wildman–Crippen MR) is 119 cm³/mol. The second kappa shape index (κ2) is 8.23. The molecule has 3 aromatic rings. The summed E-state index contributed by atoms with van der Waals surface area (Å²) in [7, 11) is 0. The Hall–Kier alpha value is -2.32. The first-order valence-corrected chi connectivity index (χ1v) is 11.1. The van der Waals surface area contributed by atoms with Crippen LogP contribution >= 0.6 is 0 Å². The fourth-order valence-corrected chi connectivity index (χ4v) is 4.98. The number of benzene rings is 3. The van der Waals surface area contributed by atoms with E-state index in [1.54, 1.807) is 0 Å². The second-order valence-electron chi connectivity index (χ2n) is 8.68. The van der Waals surface area contributed by atoms with Gasteiger partial charge in [-0.1, -0.05) is 55.5 Å². The molecule has 0 unspecified atom stereocenters. The van der Waals surface area contributed by atoms with E-state index in [-0.39, 0.29) is 6.61 Å². The number of fused-ring (bicyclic) bond motifs is 4. The third-order valence-electron chi connectivity index (χ3n) is 6.82. The van der Waals surface area contributed by atoms with Crippen molar-refractivity contribution in [3.05, 3.63) is 82.4 Å². The third kappa shape index (κ3) is 3.27. The summed E-state index contributed by atoms with van der Waals surface area (Å²) in [6.45, 7) is 1.82. The number of hydrogen-bond donors (Lipinski definition) is 4.